The molecule has 2 aromatic heterocycles. The molecule has 2 saturated heterocycles. The highest BCUT2D eigenvalue weighted by atomic mass is 35.5. The number of nitrogens with zero attached hydrogens (tertiary/aromatic N) is 4. The van der Waals surface area contributed by atoms with Crippen molar-refractivity contribution in [2.75, 3.05) is 35.9 Å². The number of hydrogen-bond donors (Lipinski definition) is 2. The number of aromatic nitrogens is 3. The number of thiazole rings is 1. The van der Waals surface area contributed by atoms with Crippen molar-refractivity contribution in [3.05, 3.63) is 52.7 Å². The molecule has 0 radical (unpaired) electrons. The maximum atomic E-state index is 13.7. The predicted octanol–water partition coefficient (Wildman–Crippen LogP) is 4.55. The number of carbonyl (C=O) groups is 2. The van der Waals surface area contributed by atoms with E-state index in [-0.39, 0.29) is 51.4 Å². The lowest BCUT2D eigenvalue weighted by Crippen LogP contribution is -2.64. The number of methoxy groups -OCH3 is 1. The van der Waals surface area contributed by atoms with E-state index in [0.717, 1.165) is 11.6 Å². The Morgan fingerprint density at radius 1 is 1.07 bits per heavy atom. The lowest BCUT2D eigenvalue weighted by atomic mass is 9.92. The second-order valence-electron chi connectivity index (χ2n) is 9.64. The van der Waals surface area contributed by atoms with E-state index >= 15 is 0 Å². The highest BCUT2D eigenvalue weighted by molar-refractivity contribution is 7.22. The number of fused-ring (bicyclic) bond motifs is 4. The van der Waals surface area contributed by atoms with Gasteiger partial charge in [0.2, 0.25) is 0 Å². The van der Waals surface area contributed by atoms with Crippen molar-refractivity contribution in [1.82, 2.24) is 15.2 Å². The molecule has 12 nitrogen and oxygen atoms in total. The van der Waals surface area contributed by atoms with Gasteiger partial charge >= 0.3 is 6.29 Å². The SMILES string of the molecule is COc1ccc2nc(N3C4COCC3C4)sc2c1C(=O)Nc1nnc(Cl)cc1C(=O)Nc1ccc2c(c1)OC(F)(F)O2. The molecule has 2 amide bonds. The van der Waals surface area contributed by atoms with Crippen LogP contribution in [0.3, 0.4) is 0 Å². The quantitative estimate of drug-likeness (QED) is 0.317. The zero-order valence-electron chi connectivity index (χ0n) is 21.5. The van der Waals surface area contributed by atoms with Gasteiger partial charge in [0.25, 0.3) is 11.8 Å². The van der Waals surface area contributed by atoms with Crippen LogP contribution in [0.5, 0.6) is 17.2 Å². The Balaban J connectivity index is 1.17. The van der Waals surface area contributed by atoms with Gasteiger partial charge in [-0.15, -0.1) is 19.0 Å². The molecule has 2 atom stereocenters. The Kier molecular flexibility index (Phi) is 6.25. The fraction of sp³-hybridized carbons (Fsp3) is 0.269. The standard InChI is InChI=1S/C26H19ClF2N6O6S/c1-38-17-5-3-15-21(42-25(31-15)35-12-7-13(35)10-39-9-12)20(17)24(37)32-22-14(8-19(27)33-34-22)23(36)30-11-2-4-16-18(6-11)41-26(28,29)40-16/h2-6,8,12-13H,7,9-10H2,1H3,(H,30,36)(H,32,34,37). The highest BCUT2D eigenvalue weighted by Gasteiger charge is 2.44. The second-order valence-corrected chi connectivity index (χ2v) is 11.0. The van der Waals surface area contributed by atoms with Crippen molar-refractivity contribution in [2.45, 2.75) is 24.8 Å². The normalized spacial score (nSPS) is 19.8. The summed E-state index contributed by atoms with van der Waals surface area (Å²) in [6.07, 6.45) is -2.78. The van der Waals surface area contributed by atoms with Crippen molar-refractivity contribution >= 4 is 61.6 Å². The Bertz CT molecular complexity index is 1760. The maximum absolute atomic E-state index is 13.7. The number of anilines is 3. The van der Waals surface area contributed by atoms with E-state index in [1.165, 1.54) is 42.7 Å². The average molecular weight is 617 g/mol. The van der Waals surface area contributed by atoms with Gasteiger partial charge in [0.05, 0.1) is 48.2 Å². The van der Waals surface area contributed by atoms with Gasteiger partial charge in [0.15, 0.2) is 27.6 Å². The van der Waals surface area contributed by atoms with Crippen LogP contribution in [0.4, 0.5) is 25.4 Å². The number of ether oxygens (including phenoxy) is 4. The molecule has 4 aromatic rings. The van der Waals surface area contributed by atoms with Gasteiger partial charge in [-0.25, -0.2) is 4.98 Å². The zero-order chi connectivity index (χ0) is 29.2. The summed E-state index contributed by atoms with van der Waals surface area (Å²) < 4.78 is 47.3. The molecule has 0 spiro atoms. The van der Waals surface area contributed by atoms with Crippen LogP contribution >= 0.6 is 22.9 Å². The molecule has 16 heteroatoms. The van der Waals surface area contributed by atoms with Gasteiger partial charge in [0.1, 0.15) is 11.3 Å². The molecule has 3 aliphatic heterocycles. The van der Waals surface area contributed by atoms with Gasteiger partial charge in [-0.05, 0) is 36.8 Å². The van der Waals surface area contributed by atoms with Gasteiger partial charge in [-0.2, -0.15) is 0 Å². The molecular formula is C26H19ClF2N6O6S. The topological polar surface area (TPSA) is 137 Å². The minimum atomic E-state index is -3.81. The molecule has 216 valence electrons. The van der Waals surface area contributed by atoms with Crippen LogP contribution < -0.4 is 29.7 Å². The van der Waals surface area contributed by atoms with E-state index in [1.54, 1.807) is 12.1 Å². The van der Waals surface area contributed by atoms with Crippen LogP contribution in [0.1, 0.15) is 27.1 Å². The molecule has 2 N–H and O–H groups in total. The zero-order valence-corrected chi connectivity index (χ0v) is 23.1. The number of benzene rings is 2. The van der Waals surface area contributed by atoms with E-state index < -0.39 is 18.1 Å². The third-order valence-electron chi connectivity index (χ3n) is 7.03. The molecule has 2 bridgehead atoms. The van der Waals surface area contributed by atoms with Gasteiger partial charge in [0, 0.05) is 11.8 Å². The first-order chi connectivity index (χ1) is 20.2. The number of halogens is 3. The number of amides is 2. The molecule has 2 aromatic carbocycles. The smallest absolute Gasteiger partial charge is 0.496 e. The number of alkyl halides is 2. The van der Waals surface area contributed by atoms with Crippen LogP contribution in [-0.4, -0.2) is 65.7 Å². The van der Waals surface area contributed by atoms with Crippen LogP contribution in [0, 0.1) is 0 Å². The van der Waals surface area contributed by atoms with Crippen molar-refractivity contribution in [1.29, 1.82) is 0 Å². The van der Waals surface area contributed by atoms with Crippen LogP contribution in [0.15, 0.2) is 36.4 Å². The molecule has 2 unspecified atom stereocenters. The molecule has 5 heterocycles. The minimum absolute atomic E-state index is 0.112. The lowest BCUT2D eigenvalue weighted by molar-refractivity contribution is -0.286. The van der Waals surface area contributed by atoms with E-state index in [1.807, 2.05) is 0 Å². The Morgan fingerprint density at radius 3 is 2.62 bits per heavy atom. The fourth-order valence-corrected chi connectivity index (χ4v) is 6.53. The summed E-state index contributed by atoms with van der Waals surface area (Å²) in [4.78, 5) is 33.9. The van der Waals surface area contributed by atoms with Crippen molar-refractivity contribution < 1.29 is 37.3 Å². The Hall–Kier alpha value is -4.34. The van der Waals surface area contributed by atoms with Crippen molar-refractivity contribution in [3.63, 3.8) is 0 Å². The van der Waals surface area contributed by atoms with E-state index in [9.17, 15) is 18.4 Å². The molecule has 2 fully saturated rings. The van der Waals surface area contributed by atoms with Crippen LogP contribution in [-0.2, 0) is 4.74 Å². The number of carbonyl (C=O) groups excluding carboxylic acids is 2. The largest absolute Gasteiger partial charge is 0.586 e. The van der Waals surface area contributed by atoms with E-state index in [0.29, 0.717) is 29.2 Å². The molecule has 7 rings (SSSR count). The monoisotopic (exact) mass is 616 g/mol. The Morgan fingerprint density at radius 2 is 1.86 bits per heavy atom. The summed E-state index contributed by atoms with van der Waals surface area (Å²) in [6, 6.07) is 8.88. The third kappa shape index (κ3) is 4.59. The summed E-state index contributed by atoms with van der Waals surface area (Å²) in [7, 11) is 1.44. The molecule has 3 aliphatic rings. The molecule has 42 heavy (non-hydrogen) atoms. The van der Waals surface area contributed by atoms with Crippen LogP contribution in [0.25, 0.3) is 10.2 Å². The summed E-state index contributed by atoms with van der Waals surface area (Å²) >= 11 is 7.38. The predicted molar refractivity (Wildman–Crippen MR) is 147 cm³/mol. The number of hydrogen-bond acceptors (Lipinski definition) is 11. The van der Waals surface area contributed by atoms with Crippen molar-refractivity contribution in [2.24, 2.45) is 0 Å². The third-order valence-corrected chi connectivity index (χ3v) is 8.31. The van der Waals surface area contributed by atoms with Crippen molar-refractivity contribution in [3.8, 4) is 17.2 Å². The van der Waals surface area contributed by atoms with Crippen LogP contribution in [0.2, 0.25) is 5.15 Å². The highest BCUT2D eigenvalue weighted by Crippen LogP contribution is 2.44. The minimum Gasteiger partial charge on any atom is -0.496 e. The first-order valence-electron chi connectivity index (χ1n) is 12.6. The number of morpholine rings is 1. The fourth-order valence-electron chi connectivity index (χ4n) is 5.14. The second kappa shape index (κ2) is 9.89. The maximum Gasteiger partial charge on any atom is 0.586 e. The number of rotatable bonds is 6. The molecular weight excluding hydrogens is 598 g/mol. The van der Waals surface area contributed by atoms with Gasteiger partial charge in [-0.1, -0.05) is 22.9 Å². The Labute approximate surface area is 244 Å². The first kappa shape index (κ1) is 26.6. The summed E-state index contributed by atoms with van der Waals surface area (Å²) in [6.45, 7) is 1.25. The first-order valence-corrected chi connectivity index (χ1v) is 13.8. The molecule has 0 aliphatic carbocycles. The average Bonchev–Trinajstić information content (AvgIpc) is 3.51. The summed E-state index contributed by atoms with van der Waals surface area (Å²) in [5.74, 6) is -1.68. The summed E-state index contributed by atoms with van der Waals surface area (Å²) in [5, 5.41) is 13.5. The van der Waals surface area contributed by atoms with Gasteiger partial charge in [-0.3, -0.25) is 9.59 Å². The molecule has 0 saturated carbocycles. The number of nitrogens with one attached hydrogen (secondary N) is 2. The lowest BCUT2D eigenvalue weighted by Gasteiger charge is -2.52. The summed E-state index contributed by atoms with van der Waals surface area (Å²) in [5.41, 5.74) is 0.812. The van der Waals surface area contributed by atoms with E-state index in [4.69, 9.17) is 26.1 Å². The van der Waals surface area contributed by atoms with Gasteiger partial charge < -0.3 is 34.5 Å². The van der Waals surface area contributed by atoms with E-state index in [2.05, 4.69) is 35.2 Å².